The normalized spacial score (nSPS) is 12.9. The Morgan fingerprint density at radius 1 is 0.895 bits per heavy atom. The highest BCUT2D eigenvalue weighted by Crippen LogP contribution is 2.38. The molecule has 3 rings (SSSR count). The molecule has 0 atom stereocenters. The van der Waals surface area contributed by atoms with E-state index in [2.05, 4.69) is 64.1 Å². The summed E-state index contributed by atoms with van der Waals surface area (Å²) in [5.41, 5.74) is 8.41. The molecule has 0 amide bonds. The molecule has 0 saturated carbocycles. The van der Waals surface area contributed by atoms with Crippen LogP contribution in [0.4, 0.5) is 0 Å². The lowest BCUT2D eigenvalue weighted by atomic mass is 9.96. The van der Waals surface area contributed by atoms with E-state index in [-0.39, 0.29) is 0 Å². The quantitative estimate of drug-likeness (QED) is 0.577. The monoisotopic (exact) mass is 249 g/mol. The fourth-order valence-corrected chi connectivity index (χ4v) is 2.86. The second kappa shape index (κ2) is 4.52. The summed E-state index contributed by atoms with van der Waals surface area (Å²) in [6.07, 6.45) is 1.05. The molecule has 0 heterocycles. The van der Waals surface area contributed by atoms with Crippen molar-refractivity contribution in [1.82, 2.24) is 0 Å². The van der Waals surface area contributed by atoms with Crippen molar-refractivity contribution in [3.8, 4) is 11.1 Å². The molecule has 0 aliphatic heterocycles. The maximum absolute atomic E-state index is 3.62. The third kappa shape index (κ3) is 2.10. The van der Waals surface area contributed by atoms with Crippen molar-refractivity contribution in [2.24, 2.45) is 0 Å². The predicted octanol–water partition coefficient (Wildman–Crippen LogP) is 5.30. The predicted molar refractivity (Wildman–Crippen MR) is 81.7 cm³/mol. The second-order valence-corrected chi connectivity index (χ2v) is 6.21. The largest absolute Gasteiger partial charge is 0.0587 e. The molecule has 1 radical (unpaired) electrons. The average Bonchev–Trinajstić information content (AvgIpc) is 2.74. The molecule has 2 aromatic carbocycles. The highest BCUT2D eigenvalue weighted by molar-refractivity contribution is 5.77. The van der Waals surface area contributed by atoms with Crippen LogP contribution in [-0.2, 0) is 6.42 Å². The Morgan fingerprint density at radius 3 is 2.32 bits per heavy atom. The van der Waals surface area contributed by atoms with Gasteiger partial charge in [-0.1, -0.05) is 58.0 Å². The first-order valence-corrected chi connectivity index (χ1v) is 7.24. The third-order valence-corrected chi connectivity index (χ3v) is 4.13. The first-order valence-electron chi connectivity index (χ1n) is 7.24. The third-order valence-electron chi connectivity index (χ3n) is 4.13. The fourth-order valence-electron chi connectivity index (χ4n) is 2.86. The van der Waals surface area contributed by atoms with Crippen LogP contribution in [0.1, 0.15) is 61.8 Å². The van der Waals surface area contributed by atoms with Gasteiger partial charge in [-0.25, -0.2) is 0 Å². The van der Waals surface area contributed by atoms with Crippen LogP contribution in [0, 0.1) is 6.07 Å². The lowest BCUT2D eigenvalue weighted by Crippen LogP contribution is -1.90. The summed E-state index contributed by atoms with van der Waals surface area (Å²) in [7, 11) is 0. The van der Waals surface area contributed by atoms with E-state index >= 15 is 0 Å². The average molecular weight is 249 g/mol. The van der Waals surface area contributed by atoms with Crippen LogP contribution in [-0.4, -0.2) is 0 Å². The number of rotatable bonds is 2. The summed E-state index contributed by atoms with van der Waals surface area (Å²) in [6.45, 7) is 8.98. The van der Waals surface area contributed by atoms with Crippen molar-refractivity contribution >= 4 is 0 Å². The Kier molecular flexibility index (Phi) is 2.97. The van der Waals surface area contributed by atoms with Crippen LogP contribution in [0.3, 0.4) is 0 Å². The minimum atomic E-state index is 0.556. The van der Waals surface area contributed by atoms with Crippen LogP contribution in [0.2, 0.25) is 0 Å². The van der Waals surface area contributed by atoms with Crippen LogP contribution in [0.25, 0.3) is 11.1 Å². The van der Waals surface area contributed by atoms with E-state index in [1.807, 2.05) is 0 Å². The van der Waals surface area contributed by atoms with Gasteiger partial charge in [0.1, 0.15) is 0 Å². The van der Waals surface area contributed by atoms with E-state index in [1.165, 1.54) is 33.4 Å². The van der Waals surface area contributed by atoms with E-state index in [1.54, 1.807) is 0 Å². The number of hydrogen-bond acceptors (Lipinski definition) is 0. The van der Waals surface area contributed by atoms with Crippen molar-refractivity contribution < 1.29 is 0 Å². The Bertz CT molecular complexity index is 562. The van der Waals surface area contributed by atoms with E-state index < -0.39 is 0 Å². The van der Waals surface area contributed by atoms with Crippen molar-refractivity contribution in [2.75, 3.05) is 0 Å². The molecule has 0 N–H and O–H groups in total. The Morgan fingerprint density at radius 2 is 1.63 bits per heavy atom. The van der Waals surface area contributed by atoms with Gasteiger partial charge in [-0.3, -0.25) is 0 Å². The molecule has 1 aliphatic carbocycles. The summed E-state index contributed by atoms with van der Waals surface area (Å²) in [5, 5.41) is 0. The smallest absolute Gasteiger partial charge is 0.000707 e. The maximum atomic E-state index is 3.62. The zero-order valence-electron chi connectivity index (χ0n) is 12.2. The van der Waals surface area contributed by atoms with E-state index in [0.29, 0.717) is 11.8 Å². The lowest BCUT2D eigenvalue weighted by Gasteiger charge is -2.08. The fraction of sp³-hybridized carbons (Fsp3) is 0.368. The van der Waals surface area contributed by atoms with Crippen molar-refractivity contribution in [3.05, 3.63) is 58.7 Å². The molecule has 97 valence electrons. The number of benzene rings is 2. The summed E-state index contributed by atoms with van der Waals surface area (Å²) < 4.78 is 0. The molecule has 0 spiro atoms. The molecule has 0 aromatic heterocycles. The molecule has 0 nitrogen and oxygen atoms in total. The first-order chi connectivity index (χ1) is 9.06. The molecule has 0 saturated heterocycles. The Hall–Kier alpha value is -1.56. The van der Waals surface area contributed by atoms with Gasteiger partial charge in [0.25, 0.3) is 0 Å². The van der Waals surface area contributed by atoms with Gasteiger partial charge in [0.05, 0.1) is 0 Å². The molecule has 0 unspecified atom stereocenters. The van der Waals surface area contributed by atoms with Gasteiger partial charge in [0.2, 0.25) is 0 Å². The summed E-state index contributed by atoms with van der Waals surface area (Å²) in [5.74, 6) is 1.16. The molecular weight excluding hydrogens is 228 g/mol. The SMILES string of the molecule is CC(C)c1[c]c2c(cc1)-c1ccc(C(C)C)cc1C2. The van der Waals surface area contributed by atoms with Crippen molar-refractivity contribution in [3.63, 3.8) is 0 Å². The molecule has 0 fully saturated rings. The van der Waals surface area contributed by atoms with E-state index in [0.717, 1.165) is 6.42 Å². The van der Waals surface area contributed by atoms with E-state index in [4.69, 9.17) is 0 Å². The zero-order chi connectivity index (χ0) is 13.6. The minimum absolute atomic E-state index is 0.556. The zero-order valence-corrected chi connectivity index (χ0v) is 12.2. The molecule has 2 aromatic rings. The summed E-state index contributed by atoms with van der Waals surface area (Å²) in [6, 6.07) is 15.1. The maximum Gasteiger partial charge on any atom is -0.000707 e. The number of hydrogen-bond donors (Lipinski definition) is 0. The Balaban J connectivity index is 2.05. The van der Waals surface area contributed by atoms with Gasteiger partial charge in [0, 0.05) is 0 Å². The van der Waals surface area contributed by atoms with E-state index in [9.17, 15) is 0 Å². The summed E-state index contributed by atoms with van der Waals surface area (Å²) >= 11 is 0. The van der Waals surface area contributed by atoms with Crippen LogP contribution in [0.15, 0.2) is 30.3 Å². The van der Waals surface area contributed by atoms with Crippen LogP contribution >= 0.6 is 0 Å². The molecule has 19 heavy (non-hydrogen) atoms. The highest BCUT2D eigenvalue weighted by atomic mass is 14.2. The Labute approximate surface area is 116 Å². The first kappa shape index (κ1) is 12.5. The van der Waals surface area contributed by atoms with Gasteiger partial charge >= 0.3 is 0 Å². The van der Waals surface area contributed by atoms with Crippen LogP contribution in [0.5, 0.6) is 0 Å². The minimum Gasteiger partial charge on any atom is -0.0587 e. The van der Waals surface area contributed by atoms with Gasteiger partial charge in [-0.05, 0) is 57.7 Å². The second-order valence-electron chi connectivity index (χ2n) is 6.21. The van der Waals surface area contributed by atoms with Crippen molar-refractivity contribution in [2.45, 2.75) is 46.0 Å². The molecular formula is C19H21. The highest BCUT2D eigenvalue weighted by Gasteiger charge is 2.20. The van der Waals surface area contributed by atoms with Gasteiger partial charge in [0.15, 0.2) is 0 Å². The standard InChI is InChI=1S/C19H21/c1-12(2)14-5-7-18-16(9-14)11-17-10-15(13(3)4)6-8-19(17)18/h5-9,12-13H,11H2,1-4H3. The van der Waals surface area contributed by atoms with Gasteiger partial charge < -0.3 is 0 Å². The molecule has 1 aliphatic rings. The van der Waals surface area contributed by atoms with Gasteiger partial charge in [-0.2, -0.15) is 0 Å². The molecule has 0 heteroatoms. The van der Waals surface area contributed by atoms with Crippen LogP contribution < -0.4 is 0 Å². The molecule has 0 bridgehead atoms. The number of fused-ring (bicyclic) bond motifs is 3. The van der Waals surface area contributed by atoms with Crippen molar-refractivity contribution in [1.29, 1.82) is 0 Å². The topological polar surface area (TPSA) is 0 Å². The van der Waals surface area contributed by atoms with Gasteiger partial charge in [-0.15, -0.1) is 0 Å². The summed E-state index contributed by atoms with van der Waals surface area (Å²) in [4.78, 5) is 0. The lowest BCUT2D eigenvalue weighted by molar-refractivity contribution is 0.861.